The molecule has 0 radical (unpaired) electrons. The molecule has 1 saturated heterocycles. The SMILES string of the molecule is COc1ncc(-c2cn3nccc3c(N3C[C@@H](C)[C@@](C#N)(C4CC4)C3=O)n2)cc1C#N. The molecule has 0 N–H and O–H groups in total. The standard InChI is InChI=1S/C22H19N7O2/c1-13-10-28(21(30)22(13,12-24)16-3-4-16)19-18-5-6-26-29(18)11-17(27-19)15-7-14(8-23)20(31-2)25-9-15/h5-7,9,11,13,16H,3-4,10H2,1-2H3/t13-,22+/m1/s1. The Morgan fingerprint density at radius 3 is 2.81 bits per heavy atom. The Hall–Kier alpha value is -3.98. The summed E-state index contributed by atoms with van der Waals surface area (Å²) in [4.78, 5) is 24.1. The summed E-state index contributed by atoms with van der Waals surface area (Å²) in [6.07, 6.45) is 6.74. The molecule has 1 aliphatic carbocycles. The summed E-state index contributed by atoms with van der Waals surface area (Å²) in [5, 5.41) is 23.7. The van der Waals surface area contributed by atoms with Gasteiger partial charge < -0.3 is 4.74 Å². The van der Waals surface area contributed by atoms with Crippen LogP contribution in [0.15, 0.2) is 30.7 Å². The minimum atomic E-state index is -0.996. The number of rotatable bonds is 4. The molecule has 0 unspecified atom stereocenters. The highest BCUT2D eigenvalue weighted by atomic mass is 16.5. The summed E-state index contributed by atoms with van der Waals surface area (Å²) in [5.41, 5.74) is 1.08. The Morgan fingerprint density at radius 2 is 2.13 bits per heavy atom. The van der Waals surface area contributed by atoms with Gasteiger partial charge in [-0.3, -0.25) is 9.69 Å². The molecule has 0 aromatic carbocycles. The molecule has 0 spiro atoms. The smallest absolute Gasteiger partial charge is 0.249 e. The third kappa shape index (κ3) is 2.67. The van der Waals surface area contributed by atoms with Crippen LogP contribution in [0.2, 0.25) is 0 Å². The molecule has 1 aliphatic heterocycles. The van der Waals surface area contributed by atoms with E-state index in [0.717, 1.165) is 12.8 Å². The molecule has 31 heavy (non-hydrogen) atoms. The molecule has 3 aromatic heterocycles. The Bertz CT molecular complexity index is 1300. The molecule has 154 valence electrons. The van der Waals surface area contributed by atoms with Crippen molar-refractivity contribution in [2.24, 2.45) is 17.3 Å². The minimum Gasteiger partial charge on any atom is -0.480 e. The molecule has 9 nitrogen and oxygen atoms in total. The van der Waals surface area contributed by atoms with E-state index < -0.39 is 5.41 Å². The van der Waals surface area contributed by atoms with E-state index >= 15 is 0 Å². The van der Waals surface area contributed by atoms with Crippen molar-refractivity contribution in [1.82, 2.24) is 19.6 Å². The van der Waals surface area contributed by atoms with Crippen LogP contribution in [0.5, 0.6) is 5.88 Å². The number of hydrogen-bond acceptors (Lipinski definition) is 7. The zero-order valence-electron chi connectivity index (χ0n) is 17.1. The van der Waals surface area contributed by atoms with Crippen molar-refractivity contribution in [3.05, 3.63) is 36.3 Å². The highest BCUT2D eigenvalue weighted by Crippen LogP contribution is 2.54. The second-order valence-corrected chi connectivity index (χ2v) is 8.08. The first kappa shape index (κ1) is 19.0. The fraction of sp³-hybridized carbons (Fsp3) is 0.364. The van der Waals surface area contributed by atoms with Crippen molar-refractivity contribution in [2.45, 2.75) is 19.8 Å². The topological polar surface area (TPSA) is 120 Å². The molecule has 0 bridgehead atoms. The molecule has 1 amide bonds. The van der Waals surface area contributed by atoms with Gasteiger partial charge in [0.25, 0.3) is 0 Å². The minimum absolute atomic E-state index is 0.0984. The third-order valence-corrected chi connectivity index (χ3v) is 6.33. The molecule has 2 aliphatic rings. The van der Waals surface area contributed by atoms with Crippen molar-refractivity contribution < 1.29 is 9.53 Å². The number of ether oxygens (including phenoxy) is 1. The van der Waals surface area contributed by atoms with Gasteiger partial charge >= 0.3 is 0 Å². The van der Waals surface area contributed by atoms with Crippen LogP contribution < -0.4 is 9.64 Å². The lowest BCUT2D eigenvalue weighted by Crippen LogP contribution is -2.37. The molecular weight excluding hydrogens is 394 g/mol. The molecule has 1 saturated carbocycles. The summed E-state index contributed by atoms with van der Waals surface area (Å²) in [7, 11) is 1.45. The van der Waals surface area contributed by atoms with Crippen LogP contribution >= 0.6 is 0 Å². The first-order valence-electron chi connectivity index (χ1n) is 10.1. The van der Waals surface area contributed by atoms with Gasteiger partial charge in [-0.05, 0) is 30.9 Å². The average Bonchev–Trinajstić information content (AvgIpc) is 3.47. The van der Waals surface area contributed by atoms with E-state index in [9.17, 15) is 15.3 Å². The number of anilines is 1. The fourth-order valence-electron chi connectivity index (χ4n) is 4.57. The Morgan fingerprint density at radius 1 is 1.32 bits per heavy atom. The van der Waals surface area contributed by atoms with E-state index in [4.69, 9.17) is 9.72 Å². The van der Waals surface area contributed by atoms with Crippen LogP contribution in [0.1, 0.15) is 25.3 Å². The fourth-order valence-corrected chi connectivity index (χ4v) is 4.57. The summed E-state index contributed by atoms with van der Waals surface area (Å²) < 4.78 is 6.77. The van der Waals surface area contributed by atoms with E-state index in [0.29, 0.717) is 29.1 Å². The predicted octanol–water partition coefficient (Wildman–Crippen LogP) is 2.57. The summed E-state index contributed by atoms with van der Waals surface area (Å²) in [6.45, 7) is 2.38. The van der Waals surface area contributed by atoms with Crippen LogP contribution in [0, 0.1) is 39.9 Å². The normalized spacial score (nSPS) is 23.0. The van der Waals surface area contributed by atoms with Crippen LogP contribution in [0.4, 0.5) is 5.82 Å². The van der Waals surface area contributed by atoms with Crippen LogP contribution in [-0.4, -0.2) is 39.1 Å². The zero-order valence-corrected chi connectivity index (χ0v) is 17.1. The number of amides is 1. The van der Waals surface area contributed by atoms with Crippen molar-refractivity contribution >= 4 is 17.2 Å². The van der Waals surface area contributed by atoms with Crippen molar-refractivity contribution in [1.29, 1.82) is 10.5 Å². The van der Waals surface area contributed by atoms with Crippen LogP contribution in [0.25, 0.3) is 16.8 Å². The number of methoxy groups -OCH3 is 1. The molecule has 2 atom stereocenters. The largest absolute Gasteiger partial charge is 0.480 e. The van der Waals surface area contributed by atoms with E-state index in [2.05, 4.69) is 22.2 Å². The van der Waals surface area contributed by atoms with Crippen molar-refractivity contribution in [3.8, 4) is 29.3 Å². The van der Waals surface area contributed by atoms with Gasteiger partial charge in [-0.1, -0.05) is 6.92 Å². The average molecular weight is 413 g/mol. The van der Waals surface area contributed by atoms with Crippen molar-refractivity contribution in [2.75, 3.05) is 18.6 Å². The second kappa shape index (κ2) is 6.78. The number of pyridine rings is 1. The van der Waals surface area contributed by atoms with E-state index in [-0.39, 0.29) is 29.2 Å². The van der Waals surface area contributed by atoms with Crippen LogP contribution in [-0.2, 0) is 4.79 Å². The first-order valence-corrected chi connectivity index (χ1v) is 10.1. The Labute approximate surface area is 178 Å². The molecule has 2 fully saturated rings. The predicted molar refractivity (Wildman–Crippen MR) is 110 cm³/mol. The third-order valence-electron chi connectivity index (χ3n) is 6.33. The highest BCUT2D eigenvalue weighted by molar-refractivity contribution is 6.04. The summed E-state index contributed by atoms with van der Waals surface area (Å²) >= 11 is 0. The van der Waals surface area contributed by atoms with Crippen molar-refractivity contribution in [3.63, 3.8) is 0 Å². The van der Waals surface area contributed by atoms with E-state index in [1.807, 2.05) is 6.92 Å². The monoisotopic (exact) mass is 413 g/mol. The molecule has 5 rings (SSSR count). The quantitative estimate of drug-likeness (QED) is 0.644. The maximum Gasteiger partial charge on any atom is 0.249 e. The van der Waals surface area contributed by atoms with Gasteiger partial charge in [0, 0.05) is 24.2 Å². The van der Waals surface area contributed by atoms with Gasteiger partial charge in [-0.15, -0.1) is 0 Å². The maximum atomic E-state index is 13.5. The second-order valence-electron chi connectivity index (χ2n) is 8.08. The van der Waals surface area contributed by atoms with E-state index in [1.54, 1.807) is 40.1 Å². The number of hydrogen-bond donors (Lipinski definition) is 0. The lowest BCUT2D eigenvalue weighted by atomic mass is 9.75. The lowest BCUT2D eigenvalue weighted by Gasteiger charge is -2.23. The number of nitrogens with zero attached hydrogens (tertiary/aromatic N) is 7. The number of nitriles is 2. The van der Waals surface area contributed by atoms with E-state index in [1.165, 1.54) is 7.11 Å². The van der Waals surface area contributed by atoms with Gasteiger partial charge in [-0.25, -0.2) is 14.5 Å². The summed E-state index contributed by atoms with van der Waals surface area (Å²) in [6, 6.07) is 7.86. The Kier molecular flexibility index (Phi) is 4.16. The van der Waals surface area contributed by atoms with Gasteiger partial charge in [-0.2, -0.15) is 15.6 Å². The van der Waals surface area contributed by atoms with Gasteiger partial charge in [0.1, 0.15) is 22.6 Å². The number of fused-ring (bicyclic) bond motifs is 1. The highest BCUT2D eigenvalue weighted by Gasteiger charge is 2.61. The van der Waals surface area contributed by atoms with Crippen LogP contribution in [0.3, 0.4) is 0 Å². The lowest BCUT2D eigenvalue weighted by molar-refractivity contribution is -0.124. The molecule has 3 aromatic rings. The maximum absolute atomic E-state index is 13.5. The molecule has 4 heterocycles. The first-order chi connectivity index (χ1) is 15.0. The summed E-state index contributed by atoms with van der Waals surface area (Å²) in [5.74, 6) is 0.512. The van der Waals surface area contributed by atoms with Gasteiger partial charge in [0.2, 0.25) is 11.8 Å². The molecule has 9 heteroatoms. The number of carbonyl (C=O) groups is 1. The number of carbonyl (C=O) groups excluding carboxylic acids is 1. The number of aromatic nitrogens is 4. The van der Waals surface area contributed by atoms with Gasteiger partial charge in [0.15, 0.2) is 5.82 Å². The Balaban J connectivity index is 1.64. The molecular formula is C22H19N7O2. The van der Waals surface area contributed by atoms with Gasteiger partial charge in [0.05, 0.1) is 31.3 Å². The zero-order chi connectivity index (χ0) is 21.8.